The van der Waals surface area contributed by atoms with E-state index in [1.807, 2.05) is 13.0 Å². The van der Waals surface area contributed by atoms with Gasteiger partial charge >= 0.3 is 0 Å². The molecule has 0 saturated carbocycles. The van der Waals surface area contributed by atoms with Crippen molar-refractivity contribution in [3.63, 3.8) is 0 Å². The molecule has 0 aliphatic heterocycles. The Balaban J connectivity index is 1.94. The van der Waals surface area contributed by atoms with Crippen molar-refractivity contribution >= 4 is 16.8 Å². The molecule has 0 fully saturated rings. The Hall–Kier alpha value is -2.96. The molecule has 0 unspecified atom stereocenters. The second-order valence-corrected chi connectivity index (χ2v) is 5.55. The third-order valence-electron chi connectivity index (χ3n) is 3.92. The SMILES string of the molecule is CCN(Cc1nc2ccccc2c(=O)[nH]1)C(=O)c1c(C)noc1C. The summed E-state index contributed by atoms with van der Waals surface area (Å²) < 4.78 is 5.07. The van der Waals surface area contributed by atoms with Crippen LogP contribution >= 0.6 is 0 Å². The summed E-state index contributed by atoms with van der Waals surface area (Å²) in [5.74, 6) is 0.737. The van der Waals surface area contributed by atoms with Gasteiger partial charge in [0.1, 0.15) is 17.1 Å². The summed E-state index contributed by atoms with van der Waals surface area (Å²) in [5.41, 5.74) is 1.41. The molecule has 7 nitrogen and oxygen atoms in total. The summed E-state index contributed by atoms with van der Waals surface area (Å²) in [6.45, 7) is 5.99. The molecule has 0 spiro atoms. The minimum atomic E-state index is -0.212. The minimum Gasteiger partial charge on any atom is -0.361 e. The van der Waals surface area contributed by atoms with Crippen LogP contribution in [0.3, 0.4) is 0 Å². The molecule has 1 amide bonds. The zero-order chi connectivity index (χ0) is 17.3. The first kappa shape index (κ1) is 15.9. The van der Waals surface area contributed by atoms with Gasteiger partial charge in [-0.1, -0.05) is 17.3 Å². The van der Waals surface area contributed by atoms with Crippen molar-refractivity contribution in [1.82, 2.24) is 20.0 Å². The maximum Gasteiger partial charge on any atom is 0.259 e. The van der Waals surface area contributed by atoms with Crippen LogP contribution in [0.25, 0.3) is 10.9 Å². The number of carbonyl (C=O) groups is 1. The van der Waals surface area contributed by atoms with E-state index in [2.05, 4.69) is 15.1 Å². The minimum absolute atomic E-state index is 0.190. The number of nitrogens with one attached hydrogen (secondary N) is 1. The van der Waals surface area contributed by atoms with Gasteiger partial charge in [0.2, 0.25) is 0 Å². The number of carbonyl (C=O) groups excluding carboxylic acids is 1. The maximum atomic E-state index is 12.7. The summed E-state index contributed by atoms with van der Waals surface area (Å²) in [6, 6.07) is 7.11. The van der Waals surface area contributed by atoms with Crippen LogP contribution in [-0.2, 0) is 6.54 Å². The highest BCUT2D eigenvalue weighted by Crippen LogP contribution is 2.16. The molecule has 2 aromatic heterocycles. The number of aryl methyl sites for hydroxylation is 2. The molecule has 1 aromatic carbocycles. The van der Waals surface area contributed by atoms with Gasteiger partial charge in [-0.05, 0) is 32.9 Å². The monoisotopic (exact) mass is 326 g/mol. The highest BCUT2D eigenvalue weighted by Gasteiger charge is 2.23. The summed E-state index contributed by atoms with van der Waals surface area (Å²) in [4.78, 5) is 33.7. The van der Waals surface area contributed by atoms with Crippen molar-refractivity contribution in [2.75, 3.05) is 6.54 Å². The Bertz CT molecular complexity index is 938. The van der Waals surface area contributed by atoms with E-state index in [9.17, 15) is 9.59 Å². The first-order valence-electron chi connectivity index (χ1n) is 7.71. The molecule has 124 valence electrons. The van der Waals surface area contributed by atoms with Crippen LogP contribution in [0.5, 0.6) is 0 Å². The summed E-state index contributed by atoms with van der Waals surface area (Å²) in [7, 11) is 0. The molecule has 1 N–H and O–H groups in total. The number of hydrogen-bond acceptors (Lipinski definition) is 5. The number of hydrogen-bond donors (Lipinski definition) is 1. The van der Waals surface area contributed by atoms with Gasteiger partial charge in [-0.25, -0.2) is 4.98 Å². The van der Waals surface area contributed by atoms with Crippen LogP contribution in [0.15, 0.2) is 33.6 Å². The molecule has 3 aromatic rings. The average Bonchev–Trinajstić information content (AvgIpc) is 2.91. The van der Waals surface area contributed by atoms with Crippen LogP contribution < -0.4 is 5.56 Å². The molecule has 0 aliphatic rings. The molecule has 2 heterocycles. The van der Waals surface area contributed by atoms with E-state index in [4.69, 9.17) is 4.52 Å². The molecule has 0 saturated heterocycles. The lowest BCUT2D eigenvalue weighted by Gasteiger charge is -2.20. The highest BCUT2D eigenvalue weighted by atomic mass is 16.5. The highest BCUT2D eigenvalue weighted by molar-refractivity contribution is 5.96. The Morgan fingerprint density at radius 1 is 1.29 bits per heavy atom. The van der Waals surface area contributed by atoms with Crippen LogP contribution in [-0.4, -0.2) is 32.5 Å². The molecule has 0 aliphatic carbocycles. The van der Waals surface area contributed by atoms with Gasteiger partial charge in [-0.15, -0.1) is 0 Å². The summed E-state index contributed by atoms with van der Waals surface area (Å²) in [5, 5.41) is 4.35. The average molecular weight is 326 g/mol. The van der Waals surface area contributed by atoms with E-state index in [0.717, 1.165) is 0 Å². The van der Waals surface area contributed by atoms with Crippen LogP contribution in [0.2, 0.25) is 0 Å². The Morgan fingerprint density at radius 3 is 2.71 bits per heavy atom. The lowest BCUT2D eigenvalue weighted by Crippen LogP contribution is -2.32. The van der Waals surface area contributed by atoms with Gasteiger partial charge in [0, 0.05) is 6.54 Å². The number of nitrogens with zero attached hydrogens (tertiary/aromatic N) is 3. The first-order chi connectivity index (χ1) is 11.5. The zero-order valence-corrected chi connectivity index (χ0v) is 13.8. The van der Waals surface area contributed by atoms with E-state index in [1.165, 1.54) is 0 Å². The van der Waals surface area contributed by atoms with Gasteiger partial charge < -0.3 is 14.4 Å². The molecule has 0 atom stereocenters. The lowest BCUT2D eigenvalue weighted by atomic mass is 10.1. The fourth-order valence-electron chi connectivity index (χ4n) is 2.66. The largest absolute Gasteiger partial charge is 0.361 e. The van der Waals surface area contributed by atoms with Crippen LogP contribution in [0.4, 0.5) is 0 Å². The quantitative estimate of drug-likeness (QED) is 0.793. The number of aromatic nitrogens is 3. The zero-order valence-electron chi connectivity index (χ0n) is 13.8. The molecular formula is C17H18N4O3. The van der Waals surface area contributed by atoms with E-state index < -0.39 is 0 Å². The molecule has 24 heavy (non-hydrogen) atoms. The van der Waals surface area contributed by atoms with Gasteiger partial charge in [0.05, 0.1) is 23.1 Å². The summed E-state index contributed by atoms with van der Waals surface area (Å²) in [6.07, 6.45) is 0. The van der Waals surface area contributed by atoms with Crippen molar-refractivity contribution in [2.45, 2.75) is 27.3 Å². The fraction of sp³-hybridized carbons (Fsp3) is 0.294. The van der Waals surface area contributed by atoms with Crippen molar-refractivity contribution in [3.8, 4) is 0 Å². The lowest BCUT2D eigenvalue weighted by molar-refractivity contribution is 0.0746. The molecule has 0 radical (unpaired) electrons. The Morgan fingerprint density at radius 2 is 2.04 bits per heavy atom. The number of para-hydroxylation sites is 1. The van der Waals surface area contributed by atoms with Crippen molar-refractivity contribution < 1.29 is 9.32 Å². The molecule has 0 bridgehead atoms. The van der Waals surface area contributed by atoms with Crippen molar-refractivity contribution in [2.24, 2.45) is 0 Å². The predicted octanol–water partition coefficient (Wildman–Crippen LogP) is 2.19. The predicted molar refractivity (Wildman–Crippen MR) is 88.8 cm³/mol. The maximum absolute atomic E-state index is 12.7. The van der Waals surface area contributed by atoms with Crippen molar-refractivity contribution in [1.29, 1.82) is 0 Å². The number of fused-ring (bicyclic) bond motifs is 1. The number of rotatable bonds is 4. The number of amides is 1. The van der Waals surface area contributed by atoms with Gasteiger partial charge in [-0.2, -0.15) is 0 Å². The van der Waals surface area contributed by atoms with Gasteiger partial charge in [0.15, 0.2) is 0 Å². The topological polar surface area (TPSA) is 92.1 Å². The standard InChI is InChI=1S/C17H18N4O3/c1-4-21(17(23)15-10(2)20-24-11(15)3)9-14-18-13-8-6-5-7-12(13)16(22)19-14/h5-8H,4,9H2,1-3H3,(H,18,19,22). The molecule has 3 rings (SSSR count). The van der Waals surface area contributed by atoms with E-state index in [1.54, 1.807) is 36.9 Å². The van der Waals surface area contributed by atoms with Crippen LogP contribution in [0.1, 0.15) is 34.6 Å². The van der Waals surface area contributed by atoms with E-state index >= 15 is 0 Å². The van der Waals surface area contributed by atoms with Crippen molar-refractivity contribution in [3.05, 3.63) is 57.5 Å². The van der Waals surface area contributed by atoms with Gasteiger partial charge in [-0.3, -0.25) is 9.59 Å². The normalized spacial score (nSPS) is 11.0. The van der Waals surface area contributed by atoms with Crippen LogP contribution in [0, 0.1) is 13.8 Å². The second-order valence-electron chi connectivity index (χ2n) is 5.55. The third kappa shape index (κ3) is 2.80. The first-order valence-corrected chi connectivity index (χ1v) is 7.71. The number of H-pyrrole nitrogens is 1. The second kappa shape index (κ2) is 6.27. The fourth-order valence-corrected chi connectivity index (χ4v) is 2.66. The van der Waals surface area contributed by atoms with Gasteiger partial charge in [0.25, 0.3) is 11.5 Å². The van der Waals surface area contributed by atoms with E-state index in [-0.39, 0.29) is 18.0 Å². The number of aromatic amines is 1. The smallest absolute Gasteiger partial charge is 0.259 e. The van der Waals surface area contributed by atoms with E-state index in [0.29, 0.717) is 40.3 Å². The third-order valence-corrected chi connectivity index (χ3v) is 3.92. The molecular weight excluding hydrogens is 308 g/mol. The Kier molecular flexibility index (Phi) is 4.16. The Labute approximate surface area is 138 Å². The molecule has 7 heteroatoms. The number of benzene rings is 1. The summed E-state index contributed by atoms with van der Waals surface area (Å²) >= 11 is 0.